The highest BCUT2D eigenvalue weighted by molar-refractivity contribution is 14.1. The first-order chi connectivity index (χ1) is 11.1. The van der Waals surface area contributed by atoms with E-state index in [1.54, 1.807) is 0 Å². The van der Waals surface area contributed by atoms with E-state index >= 15 is 0 Å². The summed E-state index contributed by atoms with van der Waals surface area (Å²) in [5, 5.41) is 2.82. The van der Waals surface area contributed by atoms with Crippen molar-refractivity contribution in [1.29, 1.82) is 0 Å². The minimum absolute atomic E-state index is 0.0305. The summed E-state index contributed by atoms with van der Waals surface area (Å²) in [4.78, 5) is 22.8. The second-order valence-corrected chi connectivity index (χ2v) is 7.53. The molecule has 1 amide bonds. The number of carbonyl (C=O) groups excluding carboxylic acids is 1. The van der Waals surface area contributed by atoms with Crippen molar-refractivity contribution < 1.29 is 4.79 Å². The molecule has 3 N–H and O–H groups in total. The Kier molecular flexibility index (Phi) is 5.55. The first-order valence-corrected chi connectivity index (χ1v) is 9.59. The Morgan fingerprint density at radius 1 is 1.13 bits per heavy atom. The first-order valence-electron chi connectivity index (χ1n) is 8.51. The van der Waals surface area contributed by atoms with Crippen LogP contribution in [0.2, 0.25) is 0 Å². The lowest BCUT2D eigenvalue weighted by Crippen LogP contribution is -2.42. The second-order valence-electron chi connectivity index (χ2n) is 6.57. The maximum Gasteiger partial charge on any atom is 0.244 e. The monoisotopic (exact) mass is 429 g/mol. The van der Waals surface area contributed by atoms with E-state index in [-0.39, 0.29) is 5.91 Å². The molecule has 1 saturated carbocycles. The Bertz CT molecular complexity index is 570. The van der Waals surface area contributed by atoms with Crippen LogP contribution in [-0.4, -0.2) is 29.0 Å². The number of hydrogen-bond donors (Lipinski definition) is 2. The number of nitrogens with zero attached hydrogens (tertiary/aromatic N) is 3. The lowest BCUT2D eigenvalue weighted by molar-refractivity contribution is -0.115. The number of nitrogens with one attached hydrogen (secondary N) is 1. The van der Waals surface area contributed by atoms with Crippen LogP contribution in [0.25, 0.3) is 0 Å². The lowest BCUT2D eigenvalue weighted by Gasteiger charge is -2.33. The molecule has 1 aromatic rings. The standard InChI is InChI=1S/C16H24IN5O/c17-16-20-14(18)13-15(21-16)22(10-12(23)19-13)9-11-7-5-3-1-2-4-6-8-11/h11H,1-10H2,(H,19,23)(H2,18,20,21). The minimum Gasteiger partial charge on any atom is -0.382 e. The van der Waals surface area contributed by atoms with Crippen LogP contribution in [0.4, 0.5) is 17.3 Å². The highest BCUT2D eigenvalue weighted by atomic mass is 127. The Labute approximate surface area is 150 Å². The van der Waals surface area contributed by atoms with Gasteiger partial charge in [0, 0.05) is 29.1 Å². The van der Waals surface area contributed by atoms with E-state index in [1.807, 2.05) is 0 Å². The zero-order valence-electron chi connectivity index (χ0n) is 13.4. The van der Waals surface area contributed by atoms with Crippen LogP contribution in [0.15, 0.2) is 0 Å². The van der Waals surface area contributed by atoms with Gasteiger partial charge in [-0.05, 0) is 18.8 Å². The zero-order chi connectivity index (χ0) is 16.2. The summed E-state index contributed by atoms with van der Waals surface area (Å²) >= 11 is 2.07. The quantitative estimate of drug-likeness (QED) is 0.558. The molecule has 2 heterocycles. The average molecular weight is 429 g/mol. The van der Waals surface area contributed by atoms with Gasteiger partial charge in [0.25, 0.3) is 0 Å². The normalized spacial score (nSPS) is 20.2. The molecule has 3 rings (SSSR count). The summed E-state index contributed by atoms with van der Waals surface area (Å²) in [6, 6.07) is 0. The second kappa shape index (κ2) is 7.63. The smallest absolute Gasteiger partial charge is 0.244 e. The number of hydrogen-bond acceptors (Lipinski definition) is 5. The maximum absolute atomic E-state index is 12.0. The van der Waals surface area contributed by atoms with Crippen LogP contribution >= 0.6 is 22.6 Å². The van der Waals surface area contributed by atoms with Crippen LogP contribution < -0.4 is 16.0 Å². The average Bonchev–Trinajstić information content (AvgIpc) is 2.62. The van der Waals surface area contributed by atoms with Crippen molar-refractivity contribution >= 4 is 45.8 Å². The maximum atomic E-state index is 12.0. The van der Waals surface area contributed by atoms with Crippen LogP contribution in [-0.2, 0) is 4.79 Å². The Hall–Kier alpha value is -1.12. The largest absolute Gasteiger partial charge is 0.382 e. The third-order valence-electron chi connectivity index (χ3n) is 4.74. The van der Waals surface area contributed by atoms with Gasteiger partial charge in [-0.3, -0.25) is 4.79 Å². The van der Waals surface area contributed by atoms with Crippen LogP contribution in [0, 0.1) is 9.75 Å². The van der Waals surface area contributed by atoms with Crippen molar-refractivity contribution in [2.45, 2.75) is 51.4 Å². The molecular weight excluding hydrogens is 405 g/mol. The molecule has 1 aliphatic carbocycles. The Balaban J connectivity index is 1.78. The van der Waals surface area contributed by atoms with E-state index in [0.717, 1.165) is 12.4 Å². The molecule has 2 aliphatic rings. The number of carbonyl (C=O) groups is 1. The fraction of sp³-hybridized carbons (Fsp3) is 0.688. The summed E-state index contributed by atoms with van der Waals surface area (Å²) in [5.41, 5.74) is 6.54. The van der Waals surface area contributed by atoms with E-state index in [2.05, 4.69) is 42.8 Å². The van der Waals surface area contributed by atoms with E-state index in [0.29, 0.717) is 27.8 Å². The summed E-state index contributed by atoms with van der Waals surface area (Å²) in [7, 11) is 0. The lowest BCUT2D eigenvalue weighted by atomic mass is 9.96. The van der Waals surface area contributed by atoms with Gasteiger partial charge in [-0.15, -0.1) is 0 Å². The summed E-state index contributed by atoms with van der Waals surface area (Å²) in [6.45, 7) is 1.24. The van der Waals surface area contributed by atoms with Gasteiger partial charge in [0.1, 0.15) is 5.69 Å². The molecule has 0 saturated heterocycles. The zero-order valence-corrected chi connectivity index (χ0v) is 15.5. The highest BCUT2D eigenvalue weighted by Gasteiger charge is 2.28. The van der Waals surface area contributed by atoms with Gasteiger partial charge in [-0.2, -0.15) is 0 Å². The molecule has 0 bridgehead atoms. The summed E-state index contributed by atoms with van der Waals surface area (Å²) < 4.78 is 0.620. The topological polar surface area (TPSA) is 84.1 Å². The molecule has 6 nitrogen and oxygen atoms in total. The van der Waals surface area contributed by atoms with Gasteiger partial charge in [-0.25, -0.2) is 9.97 Å². The number of nitrogen functional groups attached to an aromatic ring is 1. The predicted molar refractivity (Wildman–Crippen MR) is 100 cm³/mol. The van der Waals surface area contributed by atoms with Gasteiger partial charge >= 0.3 is 0 Å². The summed E-state index contributed by atoms with van der Waals surface area (Å²) in [6.07, 6.45) is 10.5. The van der Waals surface area contributed by atoms with E-state index < -0.39 is 0 Å². The molecule has 0 unspecified atom stereocenters. The minimum atomic E-state index is -0.0305. The Morgan fingerprint density at radius 3 is 2.48 bits per heavy atom. The number of halogens is 1. The molecule has 23 heavy (non-hydrogen) atoms. The van der Waals surface area contributed by atoms with E-state index in [9.17, 15) is 4.79 Å². The van der Waals surface area contributed by atoms with Crippen molar-refractivity contribution in [3.8, 4) is 0 Å². The van der Waals surface area contributed by atoms with Gasteiger partial charge < -0.3 is 16.0 Å². The highest BCUT2D eigenvalue weighted by Crippen LogP contribution is 2.33. The number of rotatable bonds is 2. The number of amides is 1. The first kappa shape index (κ1) is 16.7. The van der Waals surface area contributed by atoms with Gasteiger partial charge in [0.05, 0.1) is 6.54 Å². The van der Waals surface area contributed by atoms with Gasteiger partial charge in [-0.1, -0.05) is 38.5 Å². The Morgan fingerprint density at radius 2 is 1.78 bits per heavy atom. The third-order valence-corrected chi connectivity index (χ3v) is 5.22. The molecule has 0 radical (unpaired) electrons. The molecule has 0 spiro atoms. The molecule has 1 aliphatic heterocycles. The molecule has 0 atom stereocenters. The number of nitrogens with two attached hydrogens (primary N) is 1. The van der Waals surface area contributed by atoms with E-state index in [4.69, 9.17) is 5.73 Å². The van der Waals surface area contributed by atoms with E-state index in [1.165, 1.54) is 51.4 Å². The fourth-order valence-corrected chi connectivity index (χ4v) is 4.07. The van der Waals surface area contributed by atoms with Crippen molar-refractivity contribution in [1.82, 2.24) is 9.97 Å². The molecule has 7 heteroatoms. The van der Waals surface area contributed by atoms with Crippen molar-refractivity contribution in [3.05, 3.63) is 3.83 Å². The molecule has 0 aromatic carbocycles. The van der Waals surface area contributed by atoms with Gasteiger partial charge in [0.15, 0.2) is 15.5 Å². The number of anilines is 3. The number of fused-ring (bicyclic) bond motifs is 1. The van der Waals surface area contributed by atoms with Crippen LogP contribution in [0.1, 0.15) is 51.4 Å². The van der Waals surface area contributed by atoms with Crippen LogP contribution in [0.5, 0.6) is 0 Å². The van der Waals surface area contributed by atoms with Crippen molar-refractivity contribution in [2.75, 3.05) is 29.0 Å². The van der Waals surface area contributed by atoms with Gasteiger partial charge in [0.2, 0.25) is 5.91 Å². The molecule has 126 valence electrons. The molecule has 1 fully saturated rings. The van der Waals surface area contributed by atoms with Crippen molar-refractivity contribution in [2.24, 2.45) is 5.92 Å². The molecular formula is C16H24IN5O. The predicted octanol–water partition coefficient (Wildman–Crippen LogP) is 3.17. The van der Waals surface area contributed by atoms with Crippen molar-refractivity contribution in [3.63, 3.8) is 0 Å². The fourth-order valence-electron chi connectivity index (χ4n) is 3.58. The summed E-state index contributed by atoms with van der Waals surface area (Å²) in [5.74, 6) is 1.73. The molecule has 1 aromatic heterocycles. The SMILES string of the molecule is Nc1nc(I)nc2c1NC(=O)CN2CC1CCCCCCCC1. The third kappa shape index (κ3) is 4.24. The van der Waals surface area contributed by atoms with Crippen LogP contribution in [0.3, 0.4) is 0 Å². The number of aromatic nitrogens is 2.